The molecule has 0 saturated heterocycles. The summed E-state index contributed by atoms with van der Waals surface area (Å²) in [6, 6.07) is 4.83. The minimum atomic E-state index is -0.559. The van der Waals surface area contributed by atoms with Crippen LogP contribution in [0.2, 0.25) is 0 Å². The Morgan fingerprint density at radius 3 is 2.69 bits per heavy atom. The van der Waals surface area contributed by atoms with E-state index >= 15 is 0 Å². The van der Waals surface area contributed by atoms with Gasteiger partial charge in [-0.25, -0.2) is 0 Å². The van der Waals surface area contributed by atoms with Gasteiger partial charge in [0.1, 0.15) is 11.6 Å². The standard InChI is InChI=1S/C8H5BrN2O2/c1-5-2-7(9)6(4-10)8(3-5)11(12)13/h2-3H,1H3. The highest BCUT2D eigenvalue weighted by atomic mass is 79.9. The van der Waals surface area contributed by atoms with E-state index < -0.39 is 4.92 Å². The van der Waals surface area contributed by atoms with E-state index in [-0.39, 0.29) is 11.3 Å². The van der Waals surface area contributed by atoms with Gasteiger partial charge in [0.2, 0.25) is 0 Å². The summed E-state index contributed by atoms with van der Waals surface area (Å²) < 4.78 is 0.460. The first-order valence-electron chi connectivity index (χ1n) is 3.41. The van der Waals surface area contributed by atoms with E-state index in [1.807, 2.05) is 0 Å². The molecule has 0 N–H and O–H groups in total. The third-order valence-electron chi connectivity index (χ3n) is 1.52. The fraction of sp³-hybridized carbons (Fsp3) is 0.125. The van der Waals surface area contributed by atoms with E-state index in [1.165, 1.54) is 6.07 Å². The first kappa shape index (κ1) is 9.68. The van der Waals surface area contributed by atoms with Crippen molar-refractivity contribution in [2.24, 2.45) is 0 Å². The molecule has 0 unspecified atom stereocenters. The molecule has 0 atom stereocenters. The van der Waals surface area contributed by atoms with Gasteiger partial charge >= 0.3 is 0 Å². The summed E-state index contributed by atoms with van der Waals surface area (Å²) in [5, 5.41) is 19.2. The quantitative estimate of drug-likeness (QED) is 0.560. The number of nitriles is 1. The van der Waals surface area contributed by atoms with Crippen LogP contribution >= 0.6 is 15.9 Å². The summed E-state index contributed by atoms with van der Waals surface area (Å²) in [5.74, 6) is 0. The van der Waals surface area contributed by atoms with Gasteiger partial charge in [-0.2, -0.15) is 5.26 Å². The van der Waals surface area contributed by atoms with Gasteiger partial charge in [-0.1, -0.05) is 0 Å². The minimum absolute atomic E-state index is 0.0654. The molecule has 0 bridgehead atoms. The average Bonchev–Trinajstić information content (AvgIpc) is 2.02. The van der Waals surface area contributed by atoms with Crippen LogP contribution in [-0.2, 0) is 0 Å². The lowest BCUT2D eigenvalue weighted by molar-refractivity contribution is -0.385. The molecule has 0 amide bonds. The number of aryl methyl sites for hydroxylation is 1. The van der Waals surface area contributed by atoms with Crippen LogP contribution in [0.4, 0.5) is 5.69 Å². The van der Waals surface area contributed by atoms with Crippen molar-refractivity contribution >= 4 is 21.6 Å². The Morgan fingerprint density at radius 2 is 2.23 bits per heavy atom. The van der Waals surface area contributed by atoms with Crippen LogP contribution in [0, 0.1) is 28.4 Å². The Morgan fingerprint density at radius 1 is 1.62 bits per heavy atom. The molecule has 4 nitrogen and oxygen atoms in total. The zero-order valence-electron chi connectivity index (χ0n) is 6.74. The van der Waals surface area contributed by atoms with Crippen LogP contribution in [0.5, 0.6) is 0 Å². The van der Waals surface area contributed by atoms with Crippen LogP contribution in [0.1, 0.15) is 11.1 Å². The molecule has 0 fully saturated rings. The highest BCUT2D eigenvalue weighted by molar-refractivity contribution is 9.10. The van der Waals surface area contributed by atoms with Gasteiger partial charge in [-0.15, -0.1) is 0 Å². The fourth-order valence-corrected chi connectivity index (χ4v) is 1.63. The van der Waals surface area contributed by atoms with Crippen molar-refractivity contribution in [2.45, 2.75) is 6.92 Å². The normalized spacial score (nSPS) is 9.31. The van der Waals surface area contributed by atoms with E-state index in [1.54, 1.807) is 19.1 Å². The number of hydrogen-bond acceptors (Lipinski definition) is 3. The van der Waals surface area contributed by atoms with Crippen LogP contribution < -0.4 is 0 Å². The van der Waals surface area contributed by atoms with E-state index in [2.05, 4.69) is 15.9 Å². The number of nitro benzene ring substituents is 1. The molecule has 66 valence electrons. The molecule has 0 saturated carbocycles. The summed E-state index contributed by atoms with van der Waals surface area (Å²) in [6.07, 6.45) is 0. The van der Waals surface area contributed by atoms with Gasteiger partial charge in [0.15, 0.2) is 0 Å². The Bertz CT molecular complexity index is 409. The Kier molecular flexibility index (Phi) is 2.63. The molecule has 0 aliphatic heterocycles. The summed E-state index contributed by atoms with van der Waals surface area (Å²) in [4.78, 5) is 9.96. The van der Waals surface area contributed by atoms with Crippen molar-refractivity contribution in [3.8, 4) is 6.07 Å². The largest absolute Gasteiger partial charge is 0.288 e. The molecule has 1 rings (SSSR count). The SMILES string of the molecule is Cc1cc(Br)c(C#N)c([N+](=O)[O-])c1. The average molecular weight is 241 g/mol. The first-order valence-corrected chi connectivity index (χ1v) is 4.20. The van der Waals surface area contributed by atoms with E-state index in [0.29, 0.717) is 4.47 Å². The predicted molar refractivity (Wildman–Crippen MR) is 50.2 cm³/mol. The zero-order valence-corrected chi connectivity index (χ0v) is 8.33. The maximum atomic E-state index is 10.5. The van der Waals surface area contributed by atoms with Crippen LogP contribution in [0.15, 0.2) is 16.6 Å². The molecule has 13 heavy (non-hydrogen) atoms. The van der Waals surface area contributed by atoms with Crippen LogP contribution in [0.3, 0.4) is 0 Å². The Labute approximate surface area is 83.1 Å². The molecule has 0 heterocycles. The van der Waals surface area contributed by atoms with Gasteiger partial charge in [0, 0.05) is 10.5 Å². The van der Waals surface area contributed by atoms with Gasteiger partial charge in [-0.3, -0.25) is 10.1 Å². The van der Waals surface area contributed by atoms with Crippen molar-refractivity contribution in [1.29, 1.82) is 5.26 Å². The number of rotatable bonds is 1. The molecule has 0 radical (unpaired) electrons. The Balaban J connectivity index is 3.50. The molecule has 0 spiro atoms. The highest BCUT2D eigenvalue weighted by Gasteiger charge is 2.16. The van der Waals surface area contributed by atoms with Crippen molar-refractivity contribution in [1.82, 2.24) is 0 Å². The summed E-state index contributed by atoms with van der Waals surface area (Å²) in [5.41, 5.74) is 0.655. The third kappa shape index (κ3) is 1.84. The zero-order chi connectivity index (χ0) is 10.0. The molecule has 1 aromatic rings. The van der Waals surface area contributed by atoms with E-state index in [4.69, 9.17) is 5.26 Å². The molecule has 0 aliphatic rings. The van der Waals surface area contributed by atoms with Gasteiger partial charge in [0.05, 0.1) is 4.92 Å². The van der Waals surface area contributed by atoms with Crippen molar-refractivity contribution in [3.63, 3.8) is 0 Å². The molecule has 0 aliphatic carbocycles. The number of benzene rings is 1. The maximum Gasteiger partial charge on any atom is 0.288 e. The Hall–Kier alpha value is -1.41. The molecule has 5 heteroatoms. The van der Waals surface area contributed by atoms with E-state index in [9.17, 15) is 10.1 Å². The number of hydrogen-bond donors (Lipinski definition) is 0. The molecule has 0 aromatic heterocycles. The fourth-order valence-electron chi connectivity index (χ4n) is 0.979. The lowest BCUT2D eigenvalue weighted by Crippen LogP contribution is -1.94. The number of nitrogens with zero attached hydrogens (tertiary/aromatic N) is 2. The van der Waals surface area contributed by atoms with Gasteiger partial charge < -0.3 is 0 Å². The first-order chi connectivity index (χ1) is 6.06. The minimum Gasteiger partial charge on any atom is -0.258 e. The number of nitro groups is 1. The molecular weight excluding hydrogens is 236 g/mol. The molecular formula is C8H5BrN2O2. The van der Waals surface area contributed by atoms with Crippen LogP contribution in [-0.4, -0.2) is 4.92 Å². The summed E-state index contributed by atoms with van der Waals surface area (Å²) in [7, 11) is 0. The monoisotopic (exact) mass is 240 g/mol. The second-order valence-corrected chi connectivity index (χ2v) is 3.36. The predicted octanol–water partition coefficient (Wildman–Crippen LogP) is 2.54. The van der Waals surface area contributed by atoms with E-state index in [0.717, 1.165) is 5.56 Å². The van der Waals surface area contributed by atoms with Crippen LogP contribution in [0.25, 0.3) is 0 Å². The second kappa shape index (κ2) is 3.54. The van der Waals surface area contributed by atoms with Crippen molar-refractivity contribution in [3.05, 3.63) is 37.8 Å². The topological polar surface area (TPSA) is 66.9 Å². The summed E-state index contributed by atoms with van der Waals surface area (Å²) >= 11 is 3.10. The molecule has 1 aromatic carbocycles. The second-order valence-electron chi connectivity index (χ2n) is 2.51. The lowest BCUT2D eigenvalue weighted by atomic mass is 10.1. The highest BCUT2D eigenvalue weighted by Crippen LogP contribution is 2.27. The maximum absolute atomic E-state index is 10.5. The summed E-state index contributed by atoms with van der Waals surface area (Å²) in [6.45, 7) is 1.74. The van der Waals surface area contributed by atoms with Crippen molar-refractivity contribution in [2.75, 3.05) is 0 Å². The van der Waals surface area contributed by atoms with Crippen molar-refractivity contribution < 1.29 is 4.92 Å². The number of halogens is 1. The van der Waals surface area contributed by atoms with Gasteiger partial charge in [0.25, 0.3) is 5.69 Å². The van der Waals surface area contributed by atoms with Gasteiger partial charge in [-0.05, 0) is 34.5 Å². The smallest absolute Gasteiger partial charge is 0.258 e. The third-order valence-corrected chi connectivity index (χ3v) is 2.15. The lowest BCUT2D eigenvalue weighted by Gasteiger charge is -1.99.